The zero-order valence-electron chi connectivity index (χ0n) is 13.0. The second-order valence-electron chi connectivity index (χ2n) is 5.81. The van der Waals surface area contributed by atoms with Gasteiger partial charge in [-0.25, -0.2) is 17.2 Å². The summed E-state index contributed by atoms with van der Waals surface area (Å²) in [6.45, 7) is -0.157. The van der Waals surface area contributed by atoms with Crippen molar-refractivity contribution in [1.82, 2.24) is 5.32 Å². The van der Waals surface area contributed by atoms with E-state index in [0.29, 0.717) is 12.8 Å². The summed E-state index contributed by atoms with van der Waals surface area (Å²) in [6, 6.07) is 1.81. The van der Waals surface area contributed by atoms with Crippen LogP contribution in [0.4, 0.5) is 8.78 Å². The summed E-state index contributed by atoms with van der Waals surface area (Å²) in [7, 11) is -2.14. The van der Waals surface area contributed by atoms with Gasteiger partial charge in [-0.3, -0.25) is 4.79 Å². The highest BCUT2D eigenvalue weighted by atomic mass is 32.2. The quantitative estimate of drug-likeness (QED) is 0.885. The summed E-state index contributed by atoms with van der Waals surface area (Å²) in [5, 5.41) is 2.37. The number of halogens is 2. The van der Waals surface area contributed by atoms with Crippen molar-refractivity contribution in [2.75, 3.05) is 19.9 Å². The third-order valence-corrected chi connectivity index (χ3v) is 6.48. The summed E-state index contributed by atoms with van der Waals surface area (Å²) in [6.07, 6.45) is 3.47. The lowest BCUT2D eigenvalue weighted by Gasteiger charge is -2.27. The molecule has 23 heavy (non-hydrogen) atoms. The average molecular weight is 347 g/mol. The van der Waals surface area contributed by atoms with Gasteiger partial charge in [0.25, 0.3) is 5.91 Å². The number of hydrogen-bond acceptors (Lipinski definition) is 4. The molecule has 0 aliphatic heterocycles. The predicted octanol–water partition coefficient (Wildman–Crippen LogP) is 2.06. The molecule has 1 amide bonds. The van der Waals surface area contributed by atoms with Crippen LogP contribution in [0, 0.1) is 11.6 Å². The topological polar surface area (TPSA) is 72.5 Å². The molecule has 1 N–H and O–H groups in total. The summed E-state index contributed by atoms with van der Waals surface area (Å²) < 4.78 is 55.4. The molecule has 1 aliphatic rings. The van der Waals surface area contributed by atoms with Gasteiger partial charge in [-0.15, -0.1) is 0 Å². The fraction of sp³-hybridized carbons (Fsp3) is 0.533. The van der Waals surface area contributed by atoms with Crippen LogP contribution in [0.1, 0.15) is 36.0 Å². The number of ether oxygens (including phenoxy) is 1. The van der Waals surface area contributed by atoms with E-state index in [-0.39, 0.29) is 12.3 Å². The molecule has 1 aromatic rings. The Hall–Kier alpha value is -1.70. The number of nitrogens with one attached hydrogen (secondary N) is 1. The van der Waals surface area contributed by atoms with Crippen molar-refractivity contribution in [1.29, 1.82) is 0 Å². The molecule has 0 saturated heterocycles. The summed E-state index contributed by atoms with van der Waals surface area (Å²) >= 11 is 0. The molecule has 1 aromatic carbocycles. The van der Waals surface area contributed by atoms with Crippen LogP contribution < -0.4 is 10.1 Å². The zero-order chi connectivity index (χ0) is 17.3. The molecule has 0 bridgehead atoms. The van der Waals surface area contributed by atoms with Crippen LogP contribution in [0.15, 0.2) is 12.1 Å². The molecule has 8 heteroatoms. The van der Waals surface area contributed by atoms with Crippen LogP contribution in [0.5, 0.6) is 5.75 Å². The van der Waals surface area contributed by atoms with E-state index in [0.717, 1.165) is 31.2 Å². The Morgan fingerprint density at radius 1 is 1.26 bits per heavy atom. The number of carbonyl (C=O) groups excluding carboxylic acids is 1. The van der Waals surface area contributed by atoms with Gasteiger partial charge in [0.05, 0.1) is 11.9 Å². The third-order valence-electron chi connectivity index (χ3n) is 4.35. The minimum absolute atomic E-state index is 0.0417. The van der Waals surface area contributed by atoms with E-state index in [1.807, 2.05) is 0 Å². The fourth-order valence-electron chi connectivity index (χ4n) is 2.91. The molecule has 1 fully saturated rings. The lowest BCUT2D eigenvalue weighted by atomic mass is 10.1. The highest BCUT2D eigenvalue weighted by Crippen LogP contribution is 2.36. The molecule has 0 radical (unpaired) electrons. The van der Waals surface area contributed by atoms with Crippen molar-refractivity contribution in [3.63, 3.8) is 0 Å². The van der Waals surface area contributed by atoms with Gasteiger partial charge in [0.1, 0.15) is 22.9 Å². The molecular weight excluding hydrogens is 328 g/mol. The number of methoxy groups -OCH3 is 1. The molecule has 1 aliphatic carbocycles. The van der Waals surface area contributed by atoms with Crippen molar-refractivity contribution in [3.8, 4) is 5.75 Å². The van der Waals surface area contributed by atoms with Gasteiger partial charge < -0.3 is 10.1 Å². The van der Waals surface area contributed by atoms with Gasteiger partial charge in [-0.1, -0.05) is 12.8 Å². The standard InChI is InChI=1S/C15H19F2NO4S/c1-22-10-7-11(16)13(12(17)8-10)14(19)18-9-15(23(2,20)21)5-3-4-6-15/h7-8H,3-6,9H2,1-2H3,(H,18,19). The first-order valence-corrected chi connectivity index (χ1v) is 9.10. The zero-order valence-corrected chi connectivity index (χ0v) is 13.8. The van der Waals surface area contributed by atoms with Gasteiger partial charge in [0.2, 0.25) is 0 Å². The van der Waals surface area contributed by atoms with E-state index < -0.39 is 37.7 Å². The molecule has 0 spiro atoms. The predicted molar refractivity (Wildman–Crippen MR) is 81.3 cm³/mol. The highest BCUT2D eigenvalue weighted by molar-refractivity contribution is 7.92. The summed E-state index contributed by atoms with van der Waals surface area (Å²) in [5.41, 5.74) is -0.743. The van der Waals surface area contributed by atoms with Gasteiger partial charge in [-0.05, 0) is 12.8 Å². The summed E-state index contributed by atoms with van der Waals surface area (Å²) in [4.78, 5) is 12.1. The maximum atomic E-state index is 13.9. The van der Waals surface area contributed by atoms with Crippen molar-refractivity contribution in [3.05, 3.63) is 29.3 Å². The lowest BCUT2D eigenvalue weighted by molar-refractivity contribution is 0.0940. The van der Waals surface area contributed by atoms with Crippen LogP contribution in [0.3, 0.4) is 0 Å². The largest absolute Gasteiger partial charge is 0.497 e. The molecule has 0 atom stereocenters. The Balaban J connectivity index is 2.20. The Bertz CT molecular complexity index is 689. The van der Waals surface area contributed by atoms with Gasteiger partial charge in [-0.2, -0.15) is 0 Å². The van der Waals surface area contributed by atoms with Crippen molar-refractivity contribution >= 4 is 15.7 Å². The summed E-state index contributed by atoms with van der Waals surface area (Å²) in [5.74, 6) is -3.13. The maximum absolute atomic E-state index is 13.9. The molecule has 2 rings (SSSR count). The number of sulfone groups is 1. The normalized spacial score (nSPS) is 17.0. The van der Waals surface area contributed by atoms with Crippen LogP contribution in [0.25, 0.3) is 0 Å². The van der Waals surface area contributed by atoms with Crippen molar-refractivity contribution in [2.45, 2.75) is 30.4 Å². The second-order valence-corrected chi connectivity index (χ2v) is 8.22. The van der Waals surface area contributed by atoms with Crippen LogP contribution in [-0.4, -0.2) is 39.0 Å². The SMILES string of the molecule is COc1cc(F)c(C(=O)NCC2(S(C)(=O)=O)CCCC2)c(F)c1. The van der Waals surface area contributed by atoms with E-state index in [1.165, 1.54) is 7.11 Å². The highest BCUT2D eigenvalue weighted by Gasteiger charge is 2.43. The average Bonchev–Trinajstić information content (AvgIpc) is 2.94. The number of carbonyl (C=O) groups is 1. The third kappa shape index (κ3) is 3.46. The Morgan fingerprint density at radius 3 is 2.22 bits per heavy atom. The minimum atomic E-state index is -3.40. The van der Waals surface area contributed by atoms with Crippen LogP contribution in [0.2, 0.25) is 0 Å². The minimum Gasteiger partial charge on any atom is -0.497 e. The van der Waals surface area contributed by atoms with Crippen LogP contribution in [-0.2, 0) is 9.84 Å². The monoisotopic (exact) mass is 347 g/mol. The van der Waals surface area contributed by atoms with E-state index >= 15 is 0 Å². The van der Waals surface area contributed by atoms with Gasteiger partial charge in [0.15, 0.2) is 9.84 Å². The number of benzene rings is 1. The lowest BCUT2D eigenvalue weighted by Crippen LogP contribution is -2.46. The first-order chi connectivity index (χ1) is 10.7. The van der Waals surface area contributed by atoms with E-state index in [1.54, 1.807) is 0 Å². The Morgan fingerprint density at radius 2 is 1.78 bits per heavy atom. The molecule has 0 aromatic heterocycles. The van der Waals surface area contributed by atoms with E-state index in [2.05, 4.69) is 5.32 Å². The number of amides is 1. The van der Waals surface area contributed by atoms with Crippen molar-refractivity contribution in [2.24, 2.45) is 0 Å². The van der Waals surface area contributed by atoms with E-state index in [4.69, 9.17) is 4.74 Å². The first-order valence-electron chi connectivity index (χ1n) is 7.21. The second kappa shape index (κ2) is 6.43. The molecule has 5 nitrogen and oxygen atoms in total. The number of rotatable bonds is 5. The maximum Gasteiger partial charge on any atom is 0.257 e. The smallest absolute Gasteiger partial charge is 0.257 e. The van der Waals surface area contributed by atoms with Crippen molar-refractivity contribution < 1.29 is 26.7 Å². The van der Waals surface area contributed by atoms with Gasteiger partial charge in [0, 0.05) is 24.9 Å². The van der Waals surface area contributed by atoms with E-state index in [9.17, 15) is 22.0 Å². The molecular formula is C15H19F2NO4S. The van der Waals surface area contributed by atoms with Gasteiger partial charge >= 0.3 is 0 Å². The molecule has 0 unspecified atom stereocenters. The molecule has 1 saturated carbocycles. The van der Waals surface area contributed by atoms with Crippen LogP contribution >= 0.6 is 0 Å². The Kier molecular flexibility index (Phi) is 4.93. The molecule has 0 heterocycles. The number of hydrogen-bond donors (Lipinski definition) is 1. The Labute approximate surface area is 133 Å². The fourth-order valence-corrected chi connectivity index (χ4v) is 4.28. The molecule has 128 valence electrons. The first kappa shape index (κ1) is 17.7.